The van der Waals surface area contributed by atoms with Crippen molar-refractivity contribution < 1.29 is 9.90 Å². The van der Waals surface area contributed by atoms with Gasteiger partial charge in [0.1, 0.15) is 0 Å². The molecule has 1 aliphatic rings. The Labute approximate surface area is 111 Å². The van der Waals surface area contributed by atoms with Gasteiger partial charge >= 0.3 is 6.03 Å². The van der Waals surface area contributed by atoms with E-state index in [1.54, 1.807) is 0 Å². The second-order valence-electron chi connectivity index (χ2n) is 5.61. The molecule has 0 radical (unpaired) electrons. The number of rotatable bonds is 8. The molecular weight excluding hydrogens is 228 g/mol. The van der Waals surface area contributed by atoms with E-state index in [4.69, 9.17) is 0 Å². The van der Waals surface area contributed by atoms with E-state index >= 15 is 0 Å². The Bertz CT molecular complexity index is 252. The fourth-order valence-corrected chi connectivity index (χ4v) is 2.70. The number of hydrogen-bond donors (Lipinski definition) is 3. The molecule has 1 unspecified atom stereocenters. The Kier molecular flexibility index (Phi) is 6.47. The van der Waals surface area contributed by atoms with Crippen LogP contribution in [0, 0.1) is 5.41 Å². The Morgan fingerprint density at radius 1 is 1.28 bits per heavy atom. The van der Waals surface area contributed by atoms with Crippen LogP contribution in [0.2, 0.25) is 0 Å². The molecule has 1 atom stereocenters. The smallest absolute Gasteiger partial charge is 0.314 e. The summed E-state index contributed by atoms with van der Waals surface area (Å²) >= 11 is 0. The number of aliphatic hydroxyl groups is 1. The van der Waals surface area contributed by atoms with Crippen LogP contribution in [0.3, 0.4) is 0 Å². The summed E-state index contributed by atoms with van der Waals surface area (Å²) in [7, 11) is 0. The van der Waals surface area contributed by atoms with Crippen LogP contribution in [0.4, 0.5) is 4.79 Å². The largest absolute Gasteiger partial charge is 0.391 e. The molecule has 4 nitrogen and oxygen atoms in total. The van der Waals surface area contributed by atoms with E-state index in [0.29, 0.717) is 12.0 Å². The van der Waals surface area contributed by atoms with Gasteiger partial charge in [-0.1, -0.05) is 33.1 Å². The van der Waals surface area contributed by atoms with Crippen LogP contribution in [-0.2, 0) is 0 Å². The summed E-state index contributed by atoms with van der Waals surface area (Å²) in [6.45, 7) is 5.34. The quantitative estimate of drug-likeness (QED) is 0.624. The summed E-state index contributed by atoms with van der Waals surface area (Å²) in [4.78, 5) is 11.6. The fraction of sp³-hybridized carbons (Fsp3) is 0.929. The Balaban J connectivity index is 2.16. The summed E-state index contributed by atoms with van der Waals surface area (Å²) in [6.07, 6.45) is 7.39. The fourth-order valence-electron chi connectivity index (χ4n) is 2.70. The molecule has 0 aromatic rings. The van der Waals surface area contributed by atoms with Crippen molar-refractivity contribution in [1.29, 1.82) is 0 Å². The van der Waals surface area contributed by atoms with Crippen LogP contribution in [0.15, 0.2) is 0 Å². The van der Waals surface area contributed by atoms with Crippen LogP contribution in [-0.4, -0.2) is 30.3 Å². The maximum atomic E-state index is 11.6. The zero-order chi connectivity index (χ0) is 13.4. The molecule has 18 heavy (non-hydrogen) atoms. The van der Waals surface area contributed by atoms with Gasteiger partial charge in [0.25, 0.3) is 0 Å². The average Bonchev–Trinajstić information content (AvgIpc) is 2.30. The minimum Gasteiger partial charge on any atom is -0.391 e. The van der Waals surface area contributed by atoms with Gasteiger partial charge < -0.3 is 15.7 Å². The summed E-state index contributed by atoms with van der Waals surface area (Å²) < 4.78 is 0. The zero-order valence-corrected chi connectivity index (χ0v) is 11.8. The molecule has 0 aromatic carbocycles. The highest BCUT2D eigenvalue weighted by Crippen LogP contribution is 2.44. The molecule has 3 N–H and O–H groups in total. The van der Waals surface area contributed by atoms with Crippen LogP contribution in [0.1, 0.15) is 58.8 Å². The van der Waals surface area contributed by atoms with E-state index < -0.39 is 6.10 Å². The monoisotopic (exact) mass is 256 g/mol. The van der Waals surface area contributed by atoms with Crippen molar-refractivity contribution in [2.45, 2.75) is 64.9 Å². The normalized spacial score (nSPS) is 18.8. The van der Waals surface area contributed by atoms with Crippen molar-refractivity contribution in [3.8, 4) is 0 Å². The van der Waals surface area contributed by atoms with Crippen molar-refractivity contribution in [3.63, 3.8) is 0 Å². The highest BCUT2D eigenvalue weighted by atomic mass is 16.3. The van der Waals surface area contributed by atoms with E-state index in [1.165, 1.54) is 32.1 Å². The molecular formula is C14H28N2O2. The van der Waals surface area contributed by atoms with Gasteiger partial charge in [-0.2, -0.15) is 0 Å². The average molecular weight is 256 g/mol. The molecule has 1 saturated carbocycles. The van der Waals surface area contributed by atoms with Crippen molar-refractivity contribution in [3.05, 3.63) is 0 Å². The second-order valence-corrected chi connectivity index (χ2v) is 5.61. The maximum absolute atomic E-state index is 11.6. The molecule has 0 saturated heterocycles. The number of nitrogens with one attached hydrogen (secondary N) is 2. The zero-order valence-electron chi connectivity index (χ0n) is 11.8. The first-order chi connectivity index (χ1) is 8.62. The topological polar surface area (TPSA) is 61.4 Å². The van der Waals surface area contributed by atoms with Gasteiger partial charge in [0.2, 0.25) is 0 Å². The van der Waals surface area contributed by atoms with Crippen LogP contribution in [0.25, 0.3) is 0 Å². The molecule has 2 amide bonds. The first-order valence-corrected chi connectivity index (χ1v) is 7.31. The van der Waals surface area contributed by atoms with Crippen molar-refractivity contribution in [1.82, 2.24) is 10.6 Å². The first-order valence-electron chi connectivity index (χ1n) is 7.31. The third-order valence-corrected chi connectivity index (χ3v) is 3.94. The van der Waals surface area contributed by atoms with Crippen LogP contribution in [0.5, 0.6) is 0 Å². The number of aliphatic hydroxyl groups excluding tert-OH is 1. The van der Waals surface area contributed by atoms with Crippen LogP contribution >= 0.6 is 0 Å². The molecule has 1 rings (SSSR count). The summed E-state index contributed by atoms with van der Waals surface area (Å²) in [5, 5.41) is 15.2. The standard InChI is InChI=1S/C14H28N2O2/c1-3-6-12(17)10-15-13(18)16-11-14(7-4-2)8-5-9-14/h12,17H,3-11H2,1-2H3,(H2,15,16,18). The number of carbonyl (C=O) groups is 1. The van der Waals surface area contributed by atoms with Gasteiger partial charge in [-0.15, -0.1) is 0 Å². The molecule has 1 fully saturated rings. The van der Waals surface area contributed by atoms with Gasteiger partial charge in [0, 0.05) is 13.1 Å². The summed E-state index contributed by atoms with van der Waals surface area (Å²) in [5.41, 5.74) is 0.355. The number of urea groups is 1. The number of amides is 2. The van der Waals surface area contributed by atoms with Crippen molar-refractivity contribution in [2.75, 3.05) is 13.1 Å². The lowest BCUT2D eigenvalue weighted by atomic mass is 9.66. The lowest BCUT2D eigenvalue weighted by Crippen LogP contribution is -2.46. The van der Waals surface area contributed by atoms with E-state index in [2.05, 4.69) is 17.6 Å². The molecule has 0 aliphatic heterocycles. The van der Waals surface area contributed by atoms with Crippen molar-refractivity contribution >= 4 is 6.03 Å². The van der Waals surface area contributed by atoms with E-state index in [9.17, 15) is 9.90 Å². The third kappa shape index (κ3) is 4.84. The minimum absolute atomic E-state index is 0.146. The van der Waals surface area contributed by atoms with E-state index in [0.717, 1.165) is 19.4 Å². The van der Waals surface area contributed by atoms with Gasteiger partial charge in [0.15, 0.2) is 0 Å². The summed E-state index contributed by atoms with van der Waals surface area (Å²) in [6, 6.07) is -0.146. The van der Waals surface area contributed by atoms with Gasteiger partial charge in [-0.3, -0.25) is 0 Å². The molecule has 4 heteroatoms. The molecule has 0 aromatic heterocycles. The predicted octanol–water partition coefficient (Wildman–Crippen LogP) is 2.42. The maximum Gasteiger partial charge on any atom is 0.314 e. The molecule has 0 heterocycles. The molecule has 0 bridgehead atoms. The molecule has 0 spiro atoms. The van der Waals surface area contributed by atoms with Gasteiger partial charge in [-0.25, -0.2) is 4.79 Å². The Morgan fingerprint density at radius 2 is 2.00 bits per heavy atom. The van der Waals surface area contributed by atoms with Crippen LogP contribution < -0.4 is 10.6 Å². The SMILES string of the molecule is CCCC(O)CNC(=O)NCC1(CCC)CCC1. The highest BCUT2D eigenvalue weighted by molar-refractivity contribution is 5.73. The second kappa shape index (κ2) is 7.62. The van der Waals surface area contributed by atoms with E-state index in [1.807, 2.05) is 6.92 Å². The molecule has 1 aliphatic carbocycles. The predicted molar refractivity (Wildman–Crippen MR) is 73.5 cm³/mol. The summed E-state index contributed by atoms with van der Waals surface area (Å²) in [5.74, 6) is 0. The number of hydrogen-bond acceptors (Lipinski definition) is 2. The number of carbonyl (C=O) groups excluding carboxylic acids is 1. The first kappa shape index (κ1) is 15.3. The van der Waals surface area contributed by atoms with Gasteiger partial charge in [0.05, 0.1) is 6.10 Å². The Morgan fingerprint density at radius 3 is 2.50 bits per heavy atom. The minimum atomic E-state index is -0.422. The lowest BCUT2D eigenvalue weighted by Gasteiger charge is -2.42. The Hall–Kier alpha value is -0.770. The van der Waals surface area contributed by atoms with Gasteiger partial charge in [-0.05, 0) is 31.1 Å². The van der Waals surface area contributed by atoms with E-state index in [-0.39, 0.29) is 6.03 Å². The molecule has 106 valence electrons. The highest BCUT2D eigenvalue weighted by Gasteiger charge is 2.35. The van der Waals surface area contributed by atoms with Crippen molar-refractivity contribution in [2.24, 2.45) is 5.41 Å². The lowest BCUT2D eigenvalue weighted by molar-refractivity contribution is 0.116. The third-order valence-electron chi connectivity index (χ3n) is 3.94.